The minimum absolute atomic E-state index is 0.155. The number of hydrogen-bond donors (Lipinski definition) is 1. The number of aliphatic hydroxyl groups is 1. The predicted octanol–water partition coefficient (Wildman–Crippen LogP) is 2.61. The molecule has 1 saturated carbocycles. The highest BCUT2D eigenvalue weighted by Crippen LogP contribution is 2.44. The lowest BCUT2D eigenvalue weighted by Crippen LogP contribution is -2.19. The summed E-state index contributed by atoms with van der Waals surface area (Å²) in [5.74, 6) is 2.14. The molecule has 2 heterocycles. The average Bonchev–Trinajstić information content (AvgIpc) is 2.98. The van der Waals surface area contributed by atoms with E-state index in [1.807, 2.05) is 0 Å². The lowest BCUT2D eigenvalue weighted by molar-refractivity contribution is 0.284. The Bertz CT molecular complexity index is 404. The number of rotatable bonds is 3. The lowest BCUT2D eigenvalue weighted by Gasteiger charge is -2.13. The molecule has 1 saturated heterocycles. The van der Waals surface area contributed by atoms with Gasteiger partial charge in [0.2, 0.25) is 0 Å². The fraction of sp³-hybridized carbons (Fsp3) is 0.769. The summed E-state index contributed by atoms with van der Waals surface area (Å²) in [5, 5.41) is 10.5. The monoisotopic (exact) mass is 252 g/mol. The zero-order chi connectivity index (χ0) is 12.0. The Morgan fingerprint density at radius 3 is 2.47 bits per heavy atom. The van der Waals surface area contributed by atoms with E-state index >= 15 is 0 Å². The van der Waals surface area contributed by atoms with E-state index in [1.165, 1.54) is 18.5 Å². The van der Waals surface area contributed by atoms with Crippen molar-refractivity contribution in [1.29, 1.82) is 0 Å². The molecule has 3 nitrogen and oxygen atoms in total. The van der Waals surface area contributed by atoms with Gasteiger partial charge in [0.15, 0.2) is 5.13 Å². The molecule has 2 atom stereocenters. The molecule has 4 heteroatoms. The van der Waals surface area contributed by atoms with E-state index in [9.17, 15) is 5.11 Å². The Balaban J connectivity index is 1.83. The van der Waals surface area contributed by atoms with Gasteiger partial charge < -0.3 is 10.0 Å². The summed E-state index contributed by atoms with van der Waals surface area (Å²) in [4.78, 5) is 8.26. The van der Waals surface area contributed by atoms with Crippen LogP contribution < -0.4 is 4.90 Å². The van der Waals surface area contributed by atoms with Crippen LogP contribution in [0.15, 0.2) is 0 Å². The van der Waals surface area contributed by atoms with Gasteiger partial charge in [-0.2, -0.15) is 0 Å². The first kappa shape index (κ1) is 11.5. The third kappa shape index (κ3) is 2.08. The minimum Gasteiger partial charge on any atom is -0.391 e. The number of anilines is 1. The second-order valence-corrected chi connectivity index (χ2v) is 6.66. The summed E-state index contributed by atoms with van der Waals surface area (Å²) in [7, 11) is 0. The minimum atomic E-state index is 0.155. The molecule has 2 unspecified atom stereocenters. The van der Waals surface area contributed by atoms with Crippen molar-refractivity contribution in [2.75, 3.05) is 18.0 Å². The van der Waals surface area contributed by atoms with Crippen LogP contribution in [0, 0.1) is 11.8 Å². The van der Waals surface area contributed by atoms with E-state index in [2.05, 4.69) is 18.7 Å². The van der Waals surface area contributed by atoms with Crippen LogP contribution in [0.25, 0.3) is 0 Å². The lowest BCUT2D eigenvalue weighted by atomic mass is 10.0. The van der Waals surface area contributed by atoms with Crippen LogP contribution >= 0.6 is 11.3 Å². The molecule has 1 aromatic heterocycles. The van der Waals surface area contributed by atoms with Crippen LogP contribution in [0.3, 0.4) is 0 Å². The fourth-order valence-electron chi connectivity index (χ4n) is 2.56. The smallest absolute Gasteiger partial charge is 0.185 e. The molecule has 17 heavy (non-hydrogen) atoms. The molecule has 0 spiro atoms. The highest BCUT2D eigenvalue weighted by atomic mass is 32.1. The topological polar surface area (TPSA) is 36.4 Å². The highest BCUT2D eigenvalue weighted by Gasteiger charge is 2.32. The van der Waals surface area contributed by atoms with Crippen LogP contribution in [0.1, 0.15) is 43.2 Å². The van der Waals surface area contributed by atoms with Crippen molar-refractivity contribution in [2.24, 2.45) is 11.8 Å². The number of nitrogens with zero attached hydrogens (tertiary/aromatic N) is 2. The van der Waals surface area contributed by atoms with E-state index in [0.29, 0.717) is 5.92 Å². The predicted molar refractivity (Wildman–Crippen MR) is 70.6 cm³/mol. The van der Waals surface area contributed by atoms with Crippen molar-refractivity contribution in [3.05, 3.63) is 10.6 Å². The van der Waals surface area contributed by atoms with Gasteiger partial charge >= 0.3 is 0 Å². The Hall–Kier alpha value is -0.610. The molecular weight excluding hydrogens is 232 g/mol. The van der Waals surface area contributed by atoms with Crippen LogP contribution in [-0.4, -0.2) is 23.2 Å². The van der Waals surface area contributed by atoms with Crippen LogP contribution in [-0.2, 0) is 6.61 Å². The third-order valence-corrected chi connectivity index (χ3v) is 5.20. The van der Waals surface area contributed by atoms with Crippen molar-refractivity contribution in [3.8, 4) is 0 Å². The van der Waals surface area contributed by atoms with Crippen LogP contribution in [0.2, 0.25) is 0 Å². The largest absolute Gasteiger partial charge is 0.391 e. The zero-order valence-corrected chi connectivity index (χ0v) is 11.3. The summed E-state index contributed by atoms with van der Waals surface area (Å²) in [6.45, 7) is 7.01. The normalized spacial score (nSPS) is 29.0. The number of aromatic nitrogens is 1. The molecule has 0 bridgehead atoms. The Morgan fingerprint density at radius 1 is 1.29 bits per heavy atom. The van der Waals surface area contributed by atoms with Crippen molar-refractivity contribution in [1.82, 2.24) is 4.98 Å². The molecule has 2 fully saturated rings. The second-order valence-electron chi connectivity index (χ2n) is 5.60. The van der Waals surface area contributed by atoms with Crippen LogP contribution in [0.5, 0.6) is 0 Å². The molecular formula is C13H20N2OS. The van der Waals surface area contributed by atoms with Gasteiger partial charge in [-0.25, -0.2) is 4.98 Å². The molecule has 94 valence electrons. The third-order valence-electron chi connectivity index (χ3n) is 4.08. The summed E-state index contributed by atoms with van der Waals surface area (Å²) in [6, 6.07) is 0. The van der Waals surface area contributed by atoms with Gasteiger partial charge in [-0.3, -0.25) is 0 Å². The van der Waals surface area contributed by atoms with E-state index < -0.39 is 0 Å². The molecule has 0 radical (unpaired) electrons. The van der Waals surface area contributed by atoms with Crippen molar-refractivity contribution < 1.29 is 5.11 Å². The molecule has 1 aromatic rings. The maximum Gasteiger partial charge on any atom is 0.185 e. The Labute approximate surface area is 106 Å². The van der Waals surface area contributed by atoms with E-state index in [-0.39, 0.29) is 6.61 Å². The quantitative estimate of drug-likeness (QED) is 0.898. The van der Waals surface area contributed by atoms with Crippen molar-refractivity contribution in [3.63, 3.8) is 0 Å². The van der Waals surface area contributed by atoms with Gasteiger partial charge in [-0.05, 0) is 24.7 Å². The molecule has 3 rings (SSSR count). The Kier molecular flexibility index (Phi) is 2.87. The van der Waals surface area contributed by atoms with E-state index in [4.69, 9.17) is 4.98 Å². The summed E-state index contributed by atoms with van der Waals surface area (Å²) in [6.07, 6.45) is 2.51. The van der Waals surface area contributed by atoms with Gasteiger partial charge in [0.1, 0.15) is 0 Å². The number of aliphatic hydroxyl groups excluding tert-OH is 1. The SMILES string of the molecule is CC1CN(c2nc(C3CC3)c(CO)s2)CC1C. The van der Waals surface area contributed by atoms with Crippen molar-refractivity contribution in [2.45, 2.75) is 39.2 Å². The maximum atomic E-state index is 9.41. The standard InChI is InChI=1S/C13H20N2OS/c1-8-5-15(6-9(8)2)13-14-12(10-3-4-10)11(7-16)17-13/h8-10,16H,3-7H2,1-2H3. The molecule has 0 amide bonds. The van der Waals surface area contributed by atoms with Gasteiger partial charge in [-0.1, -0.05) is 25.2 Å². The van der Waals surface area contributed by atoms with Gasteiger partial charge in [0.05, 0.1) is 17.2 Å². The first-order valence-electron chi connectivity index (χ1n) is 6.54. The average molecular weight is 252 g/mol. The molecule has 1 aliphatic heterocycles. The molecule has 1 N–H and O–H groups in total. The first-order chi connectivity index (χ1) is 8.19. The van der Waals surface area contributed by atoms with E-state index in [1.54, 1.807) is 11.3 Å². The van der Waals surface area contributed by atoms with E-state index in [0.717, 1.165) is 34.9 Å². The number of thiazole rings is 1. The van der Waals surface area contributed by atoms with Crippen LogP contribution in [0.4, 0.5) is 5.13 Å². The first-order valence-corrected chi connectivity index (χ1v) is 7.36. The van der Waals surface area contributed by atoms with Gasteiger partial charge in [0, 0.05) is 19.0 Å². The van der Waals surface area contributed by atoms with Gasteiger partial charge in [0.25, 0.3) is 0 Å². The summed E-state index contributed by atoms with van der Waals surface area (Å²) < 4.78 is 0. The maximum absolute atomic E-state index is 9.41. The van der Waals surface area contributed by atoms with Crippen molar-refractivity contribution >= 4 is 16.5 Å². The summed E-state index contributed by atoms with van der Waals surface area (Å²) >= 11 is 1.69. The summed E-state index contributed by atoms with van der Waals surface area (Å²) in [5.41, 5.74) is 1.18. The Morgan fingerprint density at radius 2 is 1.94 bits per heavy atom. The highest BCUT2D eigenvalue weighted by molar-refractivity contribution is 7.15. The molecule has 0 aromatic carbocycles. The zero-order valence-electron chi connectivity index (χ0n) is 10.5. The molecule has 1 aliphatic carbocycles. The van der Waals surface area contributed by atoms with Gasteiger partial charge in [-0.15, -0.1) is 0 Å². The fourth-order valence-corrected chi connectivity index (χ4v) is 3.58. The second kappa shape index (κ2) is 4.25. The number of hydrogen-bond acceptors (Lipinski definition) is 4. The molecule has 2 aliphatic rings.